The first kappa shape index (κ1) is 17.5. The van der Waals surface area contributed by atoms with Gasteiger partial charge >= 0.3 is 5.97 Å². The van der Waals surface area contributed by atoms with E-state index in [0.29, 0.717) is 11.5 Å². The predicted octanol–water partition coefficient (Wildman–Crippen LogP) is 4.06. The van der Waals surface area contributed by atoms with Crippen LogP contribution in [0.3, 0.4) is 0 Å². The summed E-state index contributed by atoms with van der Waals surface area (Å²) >= 11 is 0. The number of nitrogens with zero attached hydrogens (tertiary/aromatic N) is 1. The first-order valence-electron chi connectivity index (χ1n) is 9.88. The van der Waals surface area contributed by atoms with Crippen molar-refractivity contribution in [2.45, 2.75) is 69.7 Å². The topological polar surface area (TPSA) is 68.1 Å². The van der Waals surface area contributed by atoms with Crippen LogP contribution in [0.15, 0.2) is 29.4 Å². The Morgan fingerprint density at radius 3 is 2.58 bits per heavy atom. The highest BCUT2D eigenvalue weighted by Gasteiger charge is 2.48. The molecule has 1 aromatic carbocycles. The molecule has 26 heavy (non-hydrogen) atoms. The molecule has 2 heterocycles. The molecule has 1 aromatic rings. The highest BCUT2D eigenvalue weighted by molar-refractivity contribution is 5.87. The Labute approximate surface area is 154 Å². The molecule has 1 N–H and O–H groups in total. The minimum atomic E-state index is -0.885. The second-order valence-electron chi connectivity index (χ2n) is 7.86. The van der Waals surface area contributed by atoms with Gasteiger partial charge in [-0.25, -0.2) is 4.79 Å². The number of ether oxygens (including phenoxy) is 1. The predicted molar refractivity (Wildman–Crippen MR) is 98.4 cm³/mol. The van der Waals surface area contributed by atoms with E-state index in [-0.39, 0.29) is 24.2 Å². The van der Waals surface area contributed by atoms with Crippen molar-refractivity contribution in [3.8, 4) is 0 Å². The molecule has 0 amide bonds. The lowest BCUT2D eigenvalue weighted by Gasteiger charge is -2.25. The van der Waals surface area contributed by atoms with Crippen LogP contribution in [0, 0.1) is 11.8 Å². The van der Waals surface area contributed by atoms with Crippen molar-refractivity contribution in [1.82, 2.24) is 0 Å². The van der Waals surface area contributed by atoms with E-state index < -0.39 is 5.97 Å². The molecule has 3 fully saturated rings. The number of hydrogen-bond acceptors (Lipinski definition) is 4. The van der Waals surface area contributed by atoms with Crippen LogP contribution < -0.4 is 0 Å². The molecule has 0 spiro atoms. The van der Waals surface area contributed by atoms with Crippen LogP contribution in [-0.4, -0.2) is 35.6 Å². The summed E-state index contributed by atoms with van der Waals surface area (Å²) in [5.74, 6) is -0.204. The fourth-order valence-electron chi connectivity index (χ4n) is 4.70. The summed E-state index contributed by atoms with van der Waals surface area (Å²) in [5.41, 5.74) is 1.49. The summed E-state index contributed by atoms with van der Waals surface area (Å²) in [6, 6.07) is 7.20. The van der Waals surface area contributed by atoms with Crippen molar-refractivity contribution in [2.75, 3.05) is 0 Å². The first-order valence-corrected chi connectivity index (χ1v) is 9.88. The Kier molecular flexibility index (Phi) is 5.25. The van der Waals surface area contributed by atoms with Crippen LogP contribution in [0.4, 0.5) is 0 Å². The molecular weight excluding hydrogens is 330 g/mol. The maximum absolute atomic E-state index is 11.0. The summed E-state index contributed by atoms with van der Waals surface area (Å²) in [7, 11) is 0. The van der Waals surface area contributed by atoms with Gasteiger partial charge in [0.05, 0.1) is 17.8 Å². The molecule has 1 saturated carbocycles. The molecule has 4 rings (SSSR count). The van der Waals surface area contributed by atoms with E-state index in [2.05, 4.69) is 5.16 Å². The SMILES string of the molecule is O=C(O)c1ccc(CC2C3CCC(O3)C2/C=N/OC2CCCCC2)cc1. The quantitative estimate of drug-likeness (QED) is 0.616. The highest BCUT2D eigenvalue weighted by atomic mass is 16.6. The second-order valence-corrected chi connectivity index (χ2v) is 7.86. The third-order valence-corrected chi connectivity index (χ3v) is 6.15. The van der Waals surface area contributed by atoms with Gasteiger partial charge in [0.25, 0.3) is 0 Å². The zero-order valence-electron chi connectivity index (χ0n) is 15.0. The zero-order valence-corrected chi connectivity index (χ0v) is 15.0. The summed E-state index contributed by atoms with van der Waals surface area (Å²) in [6.07, 6.45) is 11.9. The lowest BCUT2D eigenvalue weighted by molar-refractivity contribution is 0.0324. The van der Waals surface area contributed by atoms with E-state index in [1.54, 1.807) is 12.1 Å². The van der Waals surface area contributed by atoms with E-state index in [9.17, 15) is 4.79 Å². The summed E-state index contributed by atoms with van der Waals surface area (Å²) in [4.78, 5) is 16.8. The van der Waals surface area contributed by atoms with Crippen LogP contribution in [-0.2, 0) is 16.0 Å². The number of rotatable bonds is 6. The zero-order chi connectivity index (χ0) is 17.9. The lowest BCUT2D eigenvalue weighted by atomic mass is 9.77. The number of aromatic carboxylic acids is 1. The largest absolute Gasteiger partial charge is 0.478 e. The van der Waals surface area contributed by atoms with Crippen molar-refractivity contribution >= 4 is 12.2 Å². The fourth-order valence-corrected chi connectivity index (χ4v) is 4.70. The third kappa shape index (κ3) is 3.78. The van der Waals surface area contributed by atoms with E-state index in [1.165, 1.54) is 19.3 Å². The summed E-state index contributed by atoms with van der Waals surface area (Å²) in [6.45, 7) is 0. The second kappa shape index (κ2) is 7.78. The molecule has 3 aliphatic rings. The van der Waals surface area contributed by atoms with Gasteiger partial charge < -0.3 is 14.7 Å². The number of benzene rings is 1. The summed E-state index contributed by atoms with van der Waals surface area (Å²) in [5, 5.41) is 13.4. The lowest BCUT2D eigenvalue weighted by Crippen LogP contribution is -2.30. The molecule has 2 bridgehead atoms. The van der Waals surface area contributed by atoms with Crippen molar-refractivity contribution in [2.24, 2.45) is 17.0 Å². The van der Waals surface area contributed by atoms with Gasteiger partial charge in [0, 0.05) is 12.1 Å². The van der Waals surface area contributed by atoms with Gasteiger partial charge in [-0.15, -0.1) is 0 Å². The number of fused-ring (bicyclic) bond motifs is 2. The van der Waals surface area contributed by atoms with Gasteiger partial charge in [-0.2, -0.15) is 0 Å². The minimum Gasteiger partial charge on any atom is -0.478 e. The number of hydrogen-bond donors (Lipinski definition) is 1. The van der Waals surface area contributed by atoms with Gasteiger partial charge in [0.2, 0.25) is 0 Å². The normalized spacial score (nSPS) is 31.5. The van der Waals surface area contributed by atoms with E-state index in [0.717, 1.165) is 37.7 Å². The molecule has 2 aliphatic heterocycles. The van der Waals surface area contributed by atoms with Gasteiger partial charge in [-0.1, -0.05) is 23.7 Å². The number of oxime groups is 1. The number of carbonyl (C=O) groups is 1. The summed E-state index contributed by atoms with van der Waals surface area (Å²) < 4.78 is 6.13. The Hall–Kier alpha value is -1.88. The van der Waals surface area contributed by atoms with Gasteiger partial charge in [0.1, 0.15) is 6.10 Å². The number of carboxylic acid groups (broad SMARTS) is 1. The average molecular weight is 357 g/mol. The fraction of sp³-hybridized carbons (Fsp3) is 0.619. The molecule has 140 valence electrons. The average Bonchev–Trinajstić information content (AvgIpc) is 3.26. The Morgan fingerprint density at radius 1 is 1.12 bits per heavy atom. The number of carboxylic acids is 1. The van der Waals surface area contributed by atoms with Gasteiger partial charge in [-0.05, 0) is 68.6 Å². The van der Waals surface area contributed by atoms with E-state index >= 15 is 0 Å². The minimum absolute atomic E-state index is 0.252. The Morgan fingerprint density at radius 2 is 1.85 bits per heavy atom. The van der Waals surface area contributed by atoms with Gasteiger partial charge in [-0.3, -0.25) is 0 Å². The standard InChI is InChI=1S/C21H27NO4/c23-21(24)15-8-6-14(7-9-15)12-17-18(20-11-10-19(17)25-20)13-22-26-16-4-2-1-3-5-16/h6-9,13,16-20H,1-5,10-12H2,(H,23,24)/b22-13+. The van der Waals surface area contributed by atoms with E-state index in [1.807, 2.05) is 18.3 Å². The van der Waals surface area contributed by atoms with Crippen molar-refractivity contribution < 1.29 is 19.5 Å². The molecule has 4 atom stereocenters. The van der Waals surface area contributed by atoms with Crippen LogP contribution in [0.2, 0.25) is 0 Å². The van der Waals surface area contributed by atoms with Crippen LogP contribution in [0.5, 0.6) is 0 Å². The maximum Gasteiger partial charge on any atom is 0.335 e. The molecule has 5 heteroatoms. The monoisotopic (exact) mass is 357 g/mol. The molecular formula is C21H27NO4. The van der Waals surface area contributed by atoms with E-state index in [4.69, 9.17) is 14.7 Å². The van der Waals surface area contributed by atoms with Gasteiger partial charge in [0.15, 0.2) is 0 Å². The maximum atomic E-state index is 11.0. The van der Waals surface area contributed by atoms with Crippen LogP contribution in [0.1, 0.15) is 60.9 Å². The Bertz CT molecular complexity index is 650. The van der Waals surface area contributed by atoms with Crippen molar-refractivity contribution in [3.63, 3.8) is 0 Å². The highest BCUT2D eigenvalue weighted by Crippen LogP contribution is 2.44. The molecule has 2 saturated heterocycles. The molecule has 4 unspecified atom stereocenters. The first-order chi connectivity index (χ1) is 12.7. The molecule has 0 aromatic heterocycles. The third-order valence-electron chi connectivity index (χ3n) is 6.15. The molecule has 5 nitrogen and oxygen atoms in total. The molecule has 1 aliphatic carbocycles. The smallest absolute Gasteiger partial charge is 0.335 e. The van der Waals surface area contributed by atoms with Crippen molar-refractivity contribution in [3.05, 3.63) is 35.4 Å². The Balaban J connectivity index is 1.39. The van der Waals surface area contributed by atoms with Crippen molar-refractivity contribution in [1.29, 1.82) is 0 Å². The molecule has 0 radical (unpaired) electrons. The van der Waals surface area contributed by atoms with Crippen LogP contribution in [0.25, 0.3) is 0 Å². The van der Waals surface area contributed by atoms with Crippen LogP contribution >= 0.6 is 0 Å².